The maximum Gasteiger partial charge on any atom is 0.316 e. The van der Waals surface area contributed by atoms with Crippen LogP contribution in [0.3, 0.4) is 0 Å². The number of ketones is 1. The lowest BCUT2D eigenvalue weighted by Gasteiger charge is -2.39. The Balaban J connectivity index is 1.38. The number of Topliss-reactive ketones (excluding diaryl/α,β-unsaturated/α-hetero) is 1. The number of likely N-dealkylation sites (tertiary alicyclic amines) is 1. The van der Waals surface area contributed by atoms with Crippen molar-refractivity contribution in [1.29, 1.82) is 0 Å². The molecule has 3 saturated carbocycles. The third-order valence-electron chi connectivity index (χ3n) is 13.4. The number of nitrogens with zero attached hydrogens (tertiary/aromatic N) is 2. The number of rotatable bonds is 11. The van der Waals surface area contributed by atoms with E-state index in [9.17, 15) is 28.8 Å². The van der Waals surface area contributed by atoms with Gasteiger partial charge in [-0.2, -0.15) is 0 Å². The van der Waals surface area contributed by atoms with E-state index >= 15 is 0 Å². The van der Waals surface area contributed by atoms with Gasteiger partial charge in [0.15, 0.2) is 0 Å². The lowest BCUT2D eigenvalue weighted by atomic mass is 9.73. The summed E-state index contributed by atoms with van der Waals surface area (Å²) in [5.74, 6) is -3.01. The fraction of sp³-hybridized carbons (Fsp3) is 0.842. The van der Waals surface area contributed by atoms with Crippen LogP contribution in [0, 0.1) is 33.5 Å². The smallest absolute Gasteiger partial charge is 0.316 e. The number of carbonyl (C=O) groups is 6. The summed E-state index contributed by atoms with van der Waals surface area (Å²) in [4.78, 5) is 84.7. The topological polar surface area (TPSA) is 180 Å². The van der Waals surface area contributed by atoms with E-state index in [2.05, 4.69) is 29.8 Å². The molecule has 2 aliphatic heterocycles. The Bertz CT molecular complexity index is 1410. The van der Waals surface area contributed by atoms with Gasteiger partial charge < -0.3 is 36.2 Å². The summed E-state index contributed by atoms with van der Waals surface area (Å²) in [6.45, 7) is 18.7. The Morgan fingerprint density at radius 2 is 1.49 bits per heavy atom. The minimum absolute atomic E-state index is 0.0172. The van der Waals surface area contributed by atoms with Gasteiger partial charge in [0.05, 0.1) is 18.2 Å². The van der Waals surface area contributed by atoms with Crippen LogP contribution < -0.4 is 21.7 Å². The third-order valence-corrected chi connectivity index (χ3v) is 13.4. The first-order valence-corrected chi connectivity index (χ1v) is 19.1. The number of morpholine rings is 1. The molecule has 13 nitrogen and oxygen atoms in total. The second-order valence-corrected chi connectivity index (χ2v) is 18.3. The molecule has 0 bridgehead atoms. The molecule has 286 valence electrons. The van der Waals surface area contributed by atoms with E-state index in [1.54, 1.807) is 9.80 Å². The normalized spacial score (nSPS) is 29.8. The molecule has 0 aromatic carbocycles. The van der Waals surface area contributed by atoms with Gasteiger partial charge in [-0.05, 0) is 67.6 Å². The molecule has 5 rings (SSSR count). The van der Waals surface area contributed by atoms with E-state index < -0.39 is 59.1 Å². The fourth-order valence-electron chi connectivity index (χ4n) is 9.99. The molecular formula is C38H62N6O7. The molecule has 13 heteroatoms. The van der Waals surface area contributed by atoms with Crippen LogP contribution in [0.2, 0.25) is 0 Å². The molecule has 5 aliphatic rings. The van der Waals surface area contributed by atoms with Gasteiger partial charge in [0.2, 0.25) is 23.5 Å². The van der Waals surface area contributed by atoms with Crippen LogP contribution in [0.15, 0.2) is 0 Å². The van der Waals surface area contributed by atoms with Crippen LogP contribution in [-0.4, -0.2) is 101 Å². The Hall–Kier alpha value is -3.22. The Labute approximate surface area is 303 Å². The number of hydrogen-bond acceptors (Lipinski definition) is 7. The lowest BCUT2D eigenvalue weighted by Crippen LogP contribution is -2.62. The molecule has 7 atom stereocenters. The molecule has 6 amide bonds. The summed E-state index contributed by atoms with van der Waals surface area (Å²) in [6, 6.07) is -4.45. The van der Waals surface area contributed by atoms with Crippen LogP contribution in [0.25, 0.3) is 0 Å². The molecule has 0 aromatic rings. The van der Waals surface area contributed by atoms with Crippen LogP contribution >= 0.6 is 0 Å². The standard InChI is InChI=1S/C38H62N6O7/c1-21(2)27(32(48)43-18-22(3)51-23(4)19-43)41-34(50)42-29(35(5,6)7)33(49)44-20-38(36(8,9)37(38)14-11-15-37)17-26(44)31(47)40-25(28(45)30(39)46)16-24-12-10-13-24/h21-27,29H,10-20H2,1-9H3,(H2,39,46)(H,40,47)(H2,41,42,50)/t22-,23-,25?,26-,27-,29+,38+/m0/s1. The summed E-state index contributed by atoms with van der Waals surface area (Å²) in [5, 5.41) is 8.62. The van der Waals surface area contributed by atoms with Gasteiger partial charge in [-0.15, -0.1) is 0 Å². The first-order valence-electron chi connectivity index (χ1n) is 19.1. The van der Waals surface area contributed by atoms with Crippen molar-refractivity contribution in [3.8, 4) is 0 Å². The first-order chi connectivity index (χ1) is 23.7. The predicted molar refractivity (Wildman–Crippen MR) is 191 cm³/mol. The number of ether oxygens (including phenoxy) is 1. The Kier molecular flexibility index (Phi) is 10.7. The molecular weight excluding hydrogens is 652 g/mol. The minimum atomic E-state index is -1.09. The highest BCUT2D eigenvalue weighted by Crippen LogP contribution is 2.88. The average molecular weight is 715 g/mol. The Morgan fingerprint density at radius 3 is 1.94 bits per heavy atom. The van der Waals surface area contributed by atoms with E-state index in [1.165, 1.54) is 0 Å². The number of hydrogen-bond donors (Lipinski definition) is 4. The van der Waals surface area contributed by atoms with E-state index in [-0.39, 0.29) is 46.2 Å². The van der Waals surface area contributed by atoms with Gasteiger partial charge in [0, 0.05) is 25.0 Å². The number of amides is 6. The van der Waals surface area contributed by atoms with Crippen molar-refractivity contribution in [2.24, 2.45) is 39.2 Å². The van der Waals surface area contributed by atoms with Crippen LogP contribution in [0.5, 0.6) is 0 Å². The average Bonchev–Trinajstić information content (AvgIpc) is 3.20. The van der Waals surface area contributed by atoms with Gasteiger partial charge >= 0.3 is 6.03 Å². The minimum Gasteiger partial charge on any atom is -0.372 e. The molecule has 1 unspecified atom stereocenters. The second kappa shape index (κ2) is 14.0. The van der Waals surface area contributed by atoms with Crippen molar-refractivity contribution in [3.63, 3.8) is 0 Å². The molecule has 2 spiro atoms. The molecule has 2 saturated heterocycles. The summed E-state index contributed by atoms with van der Waals surface area (Å²) in [7, 11) is 0. The number of carbonyl (C=O) groups excluding carboxylic acids is 6. The highest BCUT2D eigenvalue weighted by atomic mass is 16.5. The molecule has 0 aromatic heterocycles. The molecule has 3 aliphatic carbocycles. The third kappa shape index (κ3) is 7.00. The van der Waals surface area contributed by atoms with E-state index in [1.807, 2.05) is 48.5 Å². The van der Waals surface area contributed by atoms with Gasteiger partial charge in [-0.3, -0.25) is 24.0 Å². The van der Waals surface area contributed by atoms with Crippen molar-refractivity contribution >= 4 is 35.4 Å². The SMILES string of the molecule is CC(C)[C@H](NC(=O)N[C@H](C(=O)N1C[C@]2(C[C@H]1C(=O)NC(CC1CCC1)C(=O)C(N)=O)C(C)(C)C21CCC1)C(C)(C)C)C(=O)N1C[C@H](C)O[C@@H](C)C1. The van der Waals surface area contributed by atoms with Crippen molar-refractivity contribution in [3.05, 3.63) is 0 Å². The molecule has 51 heavy (non-hydrogen) atoms. The van der Waals surface area contributed by atoms with Gasteiger partial charge in [0.25, 0.3) is 5.91 Å². The maximum atomic E-state index is 14.8. The van der Waals surface area contributed by atoms with Crippen molar-refractivity contribution in [1.82, 2.24) is 25.8 Å². The summed E-state index contributed by atoms with van der Waals surface area (Å²) >= 11 is 0. The molecule has 5 N–H and O–H groups in total. The van der Waals surface area contributed by atoms with Crippen molar-refractivity contribution in [2.75, 3.05) is 19.6 Å². The lowest BCUT2D eigenvalue weighted by molar-refractivity contribution is -0.146. The first kappa shape index (κ1) is 39.0. The molecule has 2 heterocycles. The van der Waals surface area contributed by atoms with Crippen LogP contribution in [-0.2, 0) is 28.7 Å². The van der Waals surface area contributed by atoms with Crippen LogP contribution in [0.4, 0.5) is 4.79 Å². The van der Waals surface area contributed by atoms with E-state index in [0.717, 1.165) is 38.5 Å². The molecule has 0 radical (unpaired) electrons. The number of nitrogens with two attached hydrogens (primary N) is 1. The quantitative estimate of drug-likeness (QED) is 0.238. The number of nitrogens with one attached hydrogen (secondary N) is 3. The van der Waals surface area contributed by atoms with Gasteiger partial charge in [-0.25, -0.2) is 4.79 Å². The highest BCUT2D eigenvalue weighted by molar-refractivity contribution is 6.37. The second-order valence-electron chi connectivity index (χ2n) is 18.3. The summed E-state index contributed by atoms with van der Waals surface area (Å²) < 4.78 is 5.80. The highest BCUT2D eigenvalue weighted by Gasteiger charge is 2.85. The monoisotopic (exact) mass is 714 g/mol. The summed E-state index contributed by atoms with van der Waals surface area (Å²) in [6.07, 6.45) is 6.52. The largest absolute Gasteiger partial charge is 0.372 e. The zero-order chi connectivity index (χ0) is 37.8. The van der Waals surface area contributed by atoms with E-state index in [0.29, 0.717) is 32.5 Å². The fourth-order valence-corrected chi connectivity index (χ4v) is 9.99. The van der Waals surface area contributed by atoms with E-state index in [4.69, 9.17) is 10.5 Å². The van der Waals surface area contributed by atoms with Crippen molar-refractivity contribution in [2.45, 2.75) is 150 Å². The Morgan fingerprint density at radius 1 is 0.882 bits per heavy atom. The number of primary amides is 1. The van der Waals surface area contributed by atoms with Crippen molar-refractivity contribution < 1.29 is 33.5 Å². The zero-order valence-electron chi connectivity index (χ0n) is 32.2. The number of urea groups is 1. The number of fused-ring (bicyclic) bond motifs is 1. The van der Waals surface area contributed by atoms with Gasteiger partial charge in [0.1, 0.15) is 18.1 Å². The maximum absolute atomic E-state index is 14.8. The summed E-state index contributed by atoms with van der Waals surface area (Å²) in [5.41, 5.74) is 4.26. The zero-order valence-corrected chi connectivity index (χ0v) is 32.2. The van der Waals surface area contributed by atoms with Crippen LogP contribution in [0.1, 0.15) is 114 Å². The molecule has 5 fully saturated rings. The van der Waals surface area contributed by atoms with Gasteiger partial charge in [-0.1, -0.05) is 74.1 Å². The predicted octanol–water partition coefficient (Wildman–Crippen LogP) is 2.89.